The van der Waals surface area contributed by atoms with E-state index in [2.05, 4.69) is 15.6 Å². The Morgan fingerprint density at radius 3 is 2.79 bits per heavy atom. The molecule has 7 heteroatoms. The molecule has 5 nitrogen and oxygen atoms in total. The summed E-state index contributed by atoms with van der Waals surface area (Å²) in [5.41, 5.74) is 3.13. The van der Waals surface area contributed by atoms with Crippen molar-refractivity contribution in [3.8, 4) is 0 Å². The van der Waals surface area contributed by atoms with Crippen LogP contribution in [0.5, 0.6) is 0 Å². The number of hydrogen-bond donors (Lipinski definition) is 2. The molecule has 0 saturated heterocycles. The second-order valence-corrected chi connectivity index (χ2v) is 5.32. The van der Waals surface area contributed by atoms with E-state index < -0.39 is 0 Å². The first kappa shape index (κ1) is 13.9. The van der Waals surface area contributed by atoms with Crippen LogP contribution in [0.4, 0.5) is 9.52 Å². The van der Waals surface area contributed by atoms with Gasteiger partial charge in [-0.25, -0.2) is 10.2 Å². The molecular weight excluding hydrogens is 265 g/mol. The van der Waals surface area contributed by atoms with Crippen molar-refractivity contribution in [2.24, 2.45) is 5.84 Å². The van der Waals surface area contributed by atoms with Crippen LogP contribution in [0.25, 0.3) is 0 Å². The topological polar surface area (TPSA) is 67.1 Å². The number of benzene rings is 1. The monoisotopic (exact) mass is 281 g/mol. The van der Waals surface area contributed by atoms with E-state index in [4.69, 9.17) is 5.84 Å². The van der Waals surface area contributed by atoms with E-state index >= 15 is 0 Å². The van der Waals surface area contributed by atoms with E-state index in [0.717, 1.165) is 5.01 Å². The molecule has 2 rings (SSSR count). The molecule has 19 heavy (non-hydrogen) atoms. The first-order valence-corrected chi connectivity index (χ1v) is 6.67. The molecule has 0 aliphatic heterocycles. The van der Waals surface area contributed by atoms with Crippen LogP contribution in [0.1, 0.15) is 23.5 Å². The van der Waals surface area contributed by atoms with Gasteiger partial charge in [-0.05, 0) is 20.0 Å². The molecule has 1 heterocycles. The maximum atomic E-state index is 13.7. The molecule has 0 aliphatic rings. The zero-order valence-electron chi connectivity index (χ0n) is 10.8. The second-order valence-electron chi connectivity index (χ2n) is 4.26. The summed E-state index contributed by atoms with van der Waals surface area (Å²) in [6, 6.07) is 6.75. The van der Waals surface area contributed by atoms with Gasteiger partial charge in [0.1, 0.15) is 10.8 Å². The summed E-state index contributed by atoms with van der Waals surface area (Å²) in [6.45, 7) is 2.55. The van der Waals surface area contributed by atoms with Crippen molar-refractivity contribution >= 4 is 16.5 Å². The van der Waals surface area contributed by atoms with Crippen LogP contribution in [0.15, 0.2) is 24.3 Å². The van der Waals surface area contributed by atoms with Gasteiger partial charge in [-0.1, -0.05) is 29.5 Å². The van der Waals surface area contributed by atoms with Gasteiger partial charge in [-0.15, -0.1) is 10.2 Å². The number of hydrogen-bond acceptors (Lipinski definition) is 6. The summed E-state index contributed by atoms with van der Waals surface area (Å²) in [5, 5.41) is 9.29. The largest absolute Gasteiger partial charge is 0.298 e. The van der Waals surface area contributed by atoms with E-state index in [1.165, 1.54) is 17.4 Å². The number of nitrogen functional groups attached to an aromatic ring is 1. The molecule has 1 aromatic carbocycles. The SMILES string of the molecule is CC(c1ccccc1F)N(C)Cc1nnc(NN)s1. The quantitative estimate of drug-likeness (QED) is 0.649. The number of nitrogens with two attached hydrogens (primary N) is 1. The maximum Gasteiger partial charge on any atom is 0.219 e. The number of rotatable bonds is 5. The van der Waals surface area contributed by atoms with Crippen molar-refractivity contribution in [3.05, 3.63) is 40.7 Å². The Morgan fingerprint density at radius 1 is 1.42 bits per heavy atom. The first-order chi connectivity index (χ1) is 9.11. The highest BCUT2D eigenvalue weighted by molar-refractivity contribution is 7.15. The van der Waals surface area contributed by atoms with Crippen molar-refractivity contribution < 1.29 is 4.39 Å². The van der Waals surface area contributed by atoms with E-state index in [9.17, 15) is 4.39 Å². The third-order valence-electron chi connectivity index (χ3n) is 2.99. The summed E-state index contributed by atoms with van der Waals surface area (Å²) in [6.07, 6.45) is 0. The summed E-state index contributed by atoms with van der Waals surface area (Å²) >= 11 is 1.38. The molecule has 0 spiro atoms. The van der Waals surface area contributed by atoms with E-state index in [-0.39, 0.29) is 11.9 Å². The molecule has 1 aromatic heterocycles. The molecule has 0 fully saturated rings. The van der Waals surface area contributed by atoms with Crippen molar-refractivity contribution in [2.45, 2.75) is 19.5 Å². The van der Waals surface area contributed by atoms with Gasteiger partial charge in [-0.2, -0.15) is 0 Å². The zero-order valence-corrected chi connectivity index (χ0v) is 11.6. The zero-order chi connectivity index (χ0) is 13.8. The van der Waals surface area contributed by atoms with Crippen LogP contribution in [-0.4, -0.2) is 22.1 Å². The fourth-order valence-corrected chi connectivity index (χ4v) is 2.49. The average Bonchev–Trinajstić information content (AvgIpc) is 2.86. The Morgan fingerprint density at radius 2 is 2.16 bits per heavy atom. The van der Waals surface area contributed by atoms with E-state index in [0.29, 0.717) is 17.2 Å². The van der Waals surface area contributed by atoms with E-state index in [1.807, 2.05) is 24.9 Å². The predicted molar refractivity (Wildman–Crippen MR) is 74.0 cm³/mol. The molecule has 0 saturated carbocycles. The summed E-state index contributed by atoms with van der Waals surface area (Å²) < 4.78 is 13.7. The molecule has 102 valence electrons. The molecular formula is C12H16FN5S. The smallest absolute Gasteiger partial charge is 0.219 e. The van der Waals surface area contributed by atoms with Gasteiger partial charge in [0.25, 0.3) is 0 Å². The van der Waals surface area contributed by atoms with Crippen molar-refractivity contribution in [3.63, 3.8) is 0 Å². The number of anilines is 1. The molecule has 1 atom stereocenters. The Hall–Kier alpha value is -1.57. The third kappa shape index (κ3) is 3.25. The van der Waals surface area contributed by atoms with Crippen LogP contribution >= 0.6 is 11.3 Å². The molecule has 2 aromatic rings. The number of hydrazine groups is 1. The van der Waals surface area contributed by atoms with Crippen molar-refractivity contribution in [2.75, 3.05) is 12.5 Å². The minimum absolute atomic E-state index is 0.0422. The van der Waals surface area contributed by atoms with Crippen LogP contribution in [-0.2, 0) is 6.54 Å². The number of halogens is 1. The van der Waals surface area contributed by atoms with Crippen LogP contribution in [0, 0.1) is 5.82 Å². The highest BCUT2D eigenvalue weighted by atomic mass is 32.1. The number of aromatic nitrogens is 2. The molecule has 0 bridgehead atoms. The van der Waals surface area contributed by atoms with Crippen LogP contribution in [0.2, 0.25) is 0 Å². The molecule has 0 radical (unpaired) electrons. The highest BCUT2D eigenvalue weighted by Gasteiger charge is 2.17. The Balaban J connectivity index is 2.07. The number of nitrogens with zero attached hydrogens (tertiary/aromatic N) is 3. The minimum atomic E-state index is -0.191. The minimum Gasteiger partial charge on any atom is -0.298 e. The van der Waals surface area contributed by atoms with Crippen molar-refractivity contribution in [1.29, 1.82) is 0 Å². The predicted octanol–water partition coefficient (Wildman–Crippen LogP) is 2.16. The van der Waals surface area contributed by atoms with Crippen LogP contribution < -0.4 is 11.3 Å². The van der Waals surface area contributed by atoms with Gasteiger partial charge < -0.3 is 0 Å². The Labute approximate surface area is 115 Å². The van der Waals surface area contributed by atoms with Gasteiger partial charge in [0, 0.05) is 11.6 Å². The maximum absolute atomic E-state index is 13.7. The van der Waals surface area contributed by atoms with E-state index in [1.54, 1.807) is 12.1 Å². The molecule has 1 unspecified atom stereocenters. The Bertz CT molecular complexity index is 544. The van der Waals surface area contributed by atoms with Crippen LogP contribution in [0.3, 0.4) is 0 Å². The lowest BCUT2D eigenvalue weighted by Crippen LogP contribution is -2.22. The van der Waals surface area contributed by atoms with Crippen molar-refractivity contribution in [1.82, 2.24) is 15.1 Å². The average molecular weight is 281 g/mol. The fourth-order valence-electron chi connectivity index (χ4n) is 1.78. The Kier molecular flexibility index (Phi) is 4.41. The molecule has 0 aliphatic carbocycles. The third-order valence-corrected chi connectivity index (χ3v) is 3.83. The fraction of sp³-hybridized carbons (Fsp3) is 0.333. The second kappa shape index (κ2) is 6.05. The summed E-state index contributed by atoms with van der Waals surface area (Å²) in [4.78, 5) is 2.01. The lowest BCUT2D eigenvalue weighted by molar-refractivity contribution is 0.247. The summed E-state index contributed by atoms with van der Waals surface area (Å²) in [7, 11) is 1.92. The molecule has 3 N–H and O–H groups in total. The lowest BCUT2D eigenvalue weighted by atomic mass is 10.1. The van der Waals surface area contributed by atoms with Gasteiger partial charge in [0.05, 0.1) is 6.54 Å². The standard InChI is InChI=1S/C12H16FN5S/c1-8(9-5-3-4-6-10(9)13)18(2)7-11-16-17-12(15-14)19-11/h3-6,8H,7,14H2,1-2H3,(H,15,17). The van der Waals surface area contributed by atoms with Gasteiger partial charge in [0.15, 0.2) is 0 Å². The van der Waals surface area contributed by atoms with Gasteiger partial charge in [0.2, 0.25) is 5.13 Å². The highest BCUT2D eigenvalue weighted by Crippen LogP contribution is 2.24. The molecule has 0 amide bonds. The van der Waals surface area contributed by atoms with Gasteiger partial charge >= 0.3 is 0 Å². The lowest BCUT2D eigenvalue weighted by Gasteiger charge is -2.24. The first-order valence-electron chi connectivity index (χ1n) is 5.85. The van der Waals surface area contributed by atoms with Gasteiger partial charge in [-0.3, -0.25) is 10.3 Å². The number of nitrogens with one attached hydrogen (secondary N) is 1. The summed E-state index contributed by atoms with van der Waals surface area (Å²) in [5.74, 6) is 5.07. The normalized spacial score (nSPS) is 12.7.